The molecule has 0 amide bonds. The van der Waals surface area contributed by atoms with Gasteiger partial charge in [-0.05, 0) is 38.7 Å². The van der Waals surface area contributed by atoms with Crippen molar-refractivity contribution in [3.05, 3.63) is 17.3 Å². The Morgan fingerprint density at radius 3 is 2.81 bits per heavy atom. The smallest absolute Gasteiger partial charge is 0.308 e. The molecule has 1 saturated carbocycles. The normalized spacial score (nSPS) is 22.2. The highest BCUT2D eigenvalue weighted by Gasteiger charge is 2.27. The summed E-state index contributed by atoms with van der Waals surface area (Å²) in [5.74, 6) is 0.888. The number of carbonyl (C=O) groups is 1. The number of esters is 1. The van der Waals surface area contributed by atoms with E-state index in [1.807, 2.05) is 0 Å². The molecular weight excluding hydrogens is 286 g/mol. The zero-order valence-electron chi connectivity index (χ0n) is 12.3. The van der Waals surface area contributed by atoms with Crippen LogP contribution >= 0.6 is 11.3 Å². The SMILES string of the molecule is COC(=O)C1CCC(Nc2ncnc3sc(C)cc23)CC1. The second kappa shape index (κ2) is 5.97. The minimum absolute atomic E-state index is 0.0573. The highest BCUT2D eigenvalue weighted by molar-refractivity contribution is 7.18. The molecule has 3 rings (SSSR count). The van der Waals surface area contributed by atoms with Crippen molar-refractivity contribution in [2.75, 3.05) is 12.4 Å². The molecule has 2 aromatic heterocycles. The zero-order valence-corrected chi connectivity index (χ0v) is 13.1. The number of carbonyl (C=O) groups excluding carboxylic acids is 1. The summed E-state index contributed by atoms with van der Waals surface area (Å²) in [6.07, 6.45) is 5.30. The van der Waals surface area contributed by atoms with Gasteiger partial charge in [0, 0.05) is 10.9 Å². The van der Waals surface area contributed by atoms with Crippen LogP contribution in [0.3, 0.4) is 0 Å². The molecular formula is C15H19N3O2S. The number of aryl methyl sites for hydroxylation is 1. The molecule has 0 spiro atoms. The number of nitrogens with zero attached hydrogens (tertiary/aromatic N) is 2. The Morgan fingerprint density at radius 2 is 2.10 bits per heavy atom. The van der Waals surface area contributed by atoms with Crippen molar-refractivity contribution >= 4 is 33.3 Å². The maximum absolute atomic E-state index is 11.5. The molecule has 0 aliphatic heterocycles. The predicted octanol–water partition coefficient (Wildman–Crippen LogP) is 3.14. The van der Waals surface area contributed by atoms with Crippen molar-refractivity contribution < 1.29 is 9.53 Å². The first-order chi connectivity index (χ1) is 10.2. The van der Waals surface area contributed by atoms with Gasteiger partial charge in [-0.2, -0.15) is 0 Å². The largest absolute Gasteiger partial charge is 0.469 e. The first kappa shape index (κ1) is 14.3. The molecule has 1 fully saturated rings. The molecule has 5 nitrogen and oxygen atoms in total. The van der Waals surface area contributed by atoms with Gasteiger partial charge in [-0.3, -0.25) is 4.79 Å². The average Bonchev–Trinajstić information content (AvgIpc) is 2.88. The molecule has 0 atom stereocenters. The number of nitrogens with one attached hydrogen (secondary N) is 1. The maximum Gasteiger partial charge on any atom is 0.308 e. The Kier molecular flexibility index (Phi) is 4.05. The number of hydrogen-bond donors (Lipinski definition) is 1. The lowest BCUT2D eigenvalue weighted by atomic mass is 9.86. The number of fused-ring (bicyclic) bond motifs is 1. The molecule has 0 unspecified atom stereocenters. The number of hydrogen-bond acceptors (Lipinski definition) is 6. The summed E-state index contributed by atoms with van der Waals surface area (Å²) in [7, 11) is 1.46. The number of methoxy groups -OCH3 is 1. The minimum atomic E-state index is -0.0775. The number of anilines is 1. The molecule has 112 valence electrons. The summed E-state index contributed by atoms with van der Waals surface area (Å²) in [6.45, 7) is 2.08. The van der Waals surface area contributed by atoms with E-state index >= 15 is 0 Å². The van der Waals surface area contributed by atoms with E-state index in [9.17, 15) is 4.79 Å². The van der Waals surface area contributed by atoms with E-state index in [1.54, 1.807) is 17.7 Å². The van der Waals surface area contributed by atoms with Crippen LogP contribution in [0.5, 0.6) is 0 Å². The Labute approximate surface area is 127 Å². The Morgan fingerprint density at radius 1 is 1.33 bits per heavy atom. The average molecular weight is 305 g/mol. The fourth-order valence-electron chi connectivity index (χ4n) is 2.92. The first-order valence-electron chi connectivity index (χ1n) is 7.23. The molecule has 1 N–H and O–H groups in total. The molecule has 0 saturated heterocycles. The van der Waals surface area contributed by atoms with Crippen molar-refractivity contribution in [1.82, 2.24) is 9.97 Å². The Balaban J connectivity index is 1.68. The van der Waals surface area contributed by atoms with Gasteiger partial charge in [0.15, 0.2) is 0 Å². The topological polar surface area (TPSA) is 64.1 Å². The zero-order chi connectivity index (χ0) is 14.8. The fraction of sp³-hybridized carbons (Fsp3) is 0.533. The first-order valence-corrected chi connectivity index (χ1v) is 8.04. The van der Waals surface area contributed by atoms with E-state index in [1.165, 1.54) is 12.0 Å². The van der Waals surface area contributed by atoms with Crippen molar-refractivity contribution in [2.24, 2.45) is 5.92 Å². The summed E-state index contributed by atoms with van der Waals surface area (Å²) in [6, 6.07) is 2.49. The third kappa shape index (κ3) is 3.00. The van der Waals surface area contributed by atoms with Gasteiger partial charge in [0.05, 0.1) is 18.4 Å². The van der Waals surface area contributed by atoms with Crippen LogP contribution in [0.1, 0.15) is 30.6 Å². The lowest BCUT2D eigenvalue weighted by Gasteiger charge is -2.28. The molecule has 21 heavy (non-hydrogen) atoms. The van der Waals surface area contributed by atoms with E-state index in [0.29, 0.717) is 6.04 Å². The van der Waals surface area contributed by atoms with Gasteiger partial charge < -0.3 is 10.1 Å². The number of ether oxygens (including phenoxy) is 1. The number of rotatable bonds is 3. The number of aromatic nitrogens is 2. The van der Waals surface area contributed by atoms with Gasteiger partial charge in [0.2, 0.25) is 0 Å². The second-order valence-corrected chi connectivity index (χ2v) is 6.75. The minimum Gasteiger partial charge on any atom is -0.469 e. The molecule has 6 heteroatoms. The summed E-state index contributed by atoms with van der Waals surface area (Å²) in [5, 5.41) is 4.61. The van der Waals surface area contributed by atoms with Crippen LogP contribution in [-0.4, -0.2) is 29.1 Å². The molecule has 2 heterocycles. The van der Waals surface area contributed by atoms with Crippen LogP contribution in [-0.2, 0) is 9.53 Å². The lowest BCUT2D eigenvalue weighted by Crippen LogP contribution is -2.30. The highest BCUT2D eigenvalue weighted by atomic mass is 32.1. The van der Waals surface area contributed by atoms with Crippen LogP contribution < -0.4 is 5.32 Å². The standard InChI is InChI=1S/C15H19N3O2S/c1-9-7-12-13(16-8-17-14(12)21-9)18-11-5-3-10(4-6-11)15(19)20-2/h7-8,10-11H,3-6H2,1-2H3,(H,16,17,18). The van der Waals surface area contributed by atoms with Crippen molar-refractivity contribution in [3.63, 3.8) is 0 Å². The van der Waals surface area contributed by atoms with E-state index in [4.69, 9.17) is 4.74 Å². The van der Waals surface area contributed by atoms with Gasteiger partial charge in [-0.15, -0.1) is 11.3 Å². The lowest BCUT2D eigenvalue weighted by molar-refractivity contribution is -0.146. The summed E-state index contributed by atoms with van der Waals surface area (Å²) >= 11 is 1.68. The number of thiophene rings is 1. The molecule has 0 radical (unpaired) electrons. The van der Waals surface area contributed by atoms with Crippen molar-refractivity contribution in [3.8, 4) is 0 Å². The van der Waals surface area contributed by atoms with Crippen LogP contribution in [0.2, 0.25) is 0 Å². The highest BCUT2D eigenvalue weighted by Crippen LogP contribution is 2.31. The molecule has 0 aromatic carbocycles. The van der Waals surface area contributed by atoms with E-state index in [0.717, 1.165) is 41.7 Å². The van der Waals surface area contributed by atoms with Crippen molar-refractivity contribution in [2.45, 2.75) is 38.6 Å². The van der Waals surface area contributed by atoms with E-state index in [2.05, 4.69) is 28.3 Å². The monoisotopic (exact) mass is 305 g/mol. The molecule has 1 aliphatic carbocycles. The third-order valence-electron chi connectivity index (χ3n) is 4.06. The van der Waals surface area contributed by atoms with Gasteiger partial charge in [-0.1, -0.05) is 0 Å². The van der Waals surface area contributed by atoms with Crippen LogP contribution in [0.25, 0.3) is 10.2 Å². The fourth-order valence-corrected chi connectivity index (χ4v) is 3.77. The third-order valence-corrected chi connectivity index (χ3v) is 5.01. The van der Waals surface area contributed by atoms with Gasteiger partial charge in [-0.25, -0.2) is 9.97 Å². The predicted molar refractivity (Wildman–Crippen MR) is 83.5 cm³/mol. The van der Waals surface area contributed by atoms with Crippen LogP contribution in [0.15, 0.2) is 12.4 Å². The second-order valence-electron chi connectivity index (χ2n) is 5.51. The quantitative estimate of drug-likeness (QED) is 0.883. The molecule has 2 aromatic rings. The van der Waals surface area contributed by atoms with Gasteiger partial charge >= 0.3 is 5.97 Å². The van der Waals surface area contributed by atoms with Crippen LogP contribution in [0.4, 0.5) is 5.82 Å². The summed E-state index contributed by atoms with van der Waals surface area (Å²) in [5.41, 5.74) is 0. The van der Waals surface area contributed by atoms with Crippen LogP contribution in [0, 0.1) is 12.8 Å². The van der Waals surface area contributed by atoms with Gasteiger partial charge in [0.1, 0.15) is 17.0 Å². The van der Waals surface area contributed by atoms with Gasteiger partial charge in [0.25, 0.3) is 0 Å². The molecule has 1 aliphatic rings. The Hall–Kier alpha value is -1.69. The van der Waals surface area contributed by atoms with Crippen molar-refractivity contribution in [1.29, 1.82) is 0 Å². The Bertz CT molecular complexity index is 647. The van der Waals surface area contributed by atoms with E-state index in [-0.39, 0.29) is 11.9 Å². The summed E-state index contributed by atoms with van der Waals surface area (Å²) in [4.78, 5) is 22.5. The molecule has 0 bridgehead atoms. The maximum atomic E-state index is 11.5. The summed E-state index contributed by atoms with van der Waals surface area (Å²) < 4.78 is 4.83. The van der Waals surface area contributed by atoms with E-state index < -0.39 is 0 Å².